The number of imide groups is 1. The van der Waals surface area contributed by atoms with Crippen molar-refractivity contribution in [1.82, 2.24) is 5.32 Å². The molecule has 1 aliphatic heterocycles. The van der Waals surface area contributed by atoms with Gasteiger partial charge in [0.05, 0.1) is 12.2 Å². The van der Waals surface area contributed by atoms with Crippen molar-refractivity contribution in [3.63, 3.8) is 0 Å². The van der Waals surface area contributed by atoms with E-state index >= 15 is 0 Å². The van der Waals surface area contributed by atoms with Crippen LogP contribution in [0.4, 0.5) is 0 Å². The van der Waals surface area contributed by atoms with Crippen LogP contribution < -0.4 is 10.1 Å². The number of fused-ring (bicyclic) bond motifs is 1. The van der Waals surface area contributed by atoms with E-state index in [0.717, 1.165) is 10.9 Å². The van der Waals surface area contributed by atoms with Crippen LogP contribution in [0.1, 0.15) is 24.3 Å². The van der Waals surface area contributed by atoms with Crippen molar-refractivity contribution in [2.24, 2.45) is 0 Å². The molecule has 0 radical (unpaired) electrons. The molecule has 108 valence electrons. The van der Waals surface area contributed by atoms with Gasteiger partial charge in [0.15, 0.2) is 0 Å². The molecule has 1 aliphatic rings. The first kappa shape index (κ1) is 13.4. The van der Waals surface area contributed by atoms with E-state index in [9.17, 15) is 9.59 Å². The number of nitrogens with one attached hydrogen (secondary N) is 1. The molecule has 21 heavy (non-hydrogen) atoms. The number of furan rings is 1. The fourth-order valence-corrected chi connectivity index (χ4v) is 2.53. The first-order chi connectivity index (χ1) is 10.2. The van der Waals surface area contributed by atoms with Crippen molar-refractivity contribution in [2.75, 3.05) is 6.61 Å². The van der Waals surface area contributed by atoms with Crippen LogP contribution in [0.15, 0.2) is 41.5 Å². The molecule has 2 aromatic rings. The Balaban J connectivity index is 1.96. The molecular weight excluding hydrogens is 270 g/mol. The van der Waals surface area contributed by atoms with Crippen molar-refractivity contribution in [2.45, 2.75) is 18.8 Å². The number of hydrogen-bond acceptors (Lipinski definition) is 4. The van der Waals surface area contributed by atoms with Crippen LogP contribution in [0.2, 0.25) is 0 Å². The van der Waals surface area contributed by atoms with Gasteiger partial charge in [-0.1, -0.05) is 12.7 Å². The Morgan fingerprint density at radius 3 is 3.05 bits per heavy atom. The van der Waals surface area contributed by atoms with E-state index in [0.29, 0.717) is 30.8 Å². The molecule has 2 heterocycles. The zero-order valence-electron chi connectivity index (χ0n) is 11.4. The summed E-state index contributed by atoms with van der Waals surface area (Å²) in [7, 11) is 0. The second-order valence-electron chi connectivity index (χ2n) is 4.95. The van der Waals surface area contributed by atoms with Crippen molar-refractivity contribution in [3.8, 4) is 5.75 Å². The fourth-order valence-electron chi connectivity index (χ4n) is 2.53. The molecule has 1 N–H and O–H groups in total. The van der Waals surface area contributed by atoms with Crippen LogP contribution in [-0.4, -0.2) is 18.4 Å². The van der Waals surface area contributed by atoms with Crippen molar-refractivity contribution < 1.29 is 18.7 Å². The van der Waals surface area contributed by atoms with Gasteiger partial charge in [0, 0.05) is 17.4 Å². The van der Waals surface area contributed by atoms with E-state index in [2.05, 4.69) is 11.9 Å². The van der Waals surface area contributed by atoms with E-state index < -0.39 is 0 Å². The molecule has 1 fully saturated rings. The summed E-state index contributed by atoms with van der Waals surface area (Å²) in [5, 5.41) is 3.21. The lowest BCUT2D eigenvalue weighted by Gasteiger charge is -2.19. The van der Waals surface area contributed by atoms with Gasteiger partial charge >= 0.3 is 0 Å². The van der Waals surface area contributed by atoms with Gasteiger partial charge in [-0.3, -0.25) is 14.9 Å². The van der Waals surface area contributed by atoms with Gasteiger partial charge in [0.25, 0.3) is 0 Å². The second kappa shape index (κ2) is 5.44. The third-order valence-corrected chi connectivity index (χ3v) is 3.56. The quantitative estimate of drug-likeness (QED) is 0.692. The van der Waals surface area contributed by atoms with Crippen LogP contribution in [0, 0.1) is 0 Å². The number of carbonyl (C=O) groups is 2. The monoisotopic (exact) mass is 285 g/mol. The molecule has 0 saturated carbocycles. The largest absolute Gasteiger partial charge is 0.490 e. The summed E-state index contributed by atoms with van der Waals surface area (Å²) >= 11 is 0. The van der Waals surface area contributed by atoms with E-state index in [4.69, 9.17) is 9.15 Å². The first-order valence-electron chi connectivity index (χ1n) is 6.77. The molecule has 0 bridgehead atoms. The Morgan fingerprint density at radius 1 is 1.43 bits per heavy atom. The maximum absolute atomic E-state index is 12.0. The number of ether oxygens (including phenoxy) is 1. The highest BCUT2D eigenvalue weighted by molar-refractivity contribution is 6.02. The number of rotatable bonds is 4. The topological polar surface area (TPSA) is 68.5 Å². The summed E-state index contributed by atoms with van der Waals surface area (Å²) in [6.45, 7) is 4.02. The van der Waals surface area contributed by atoms with Crippen molar-refractivity contribution in [3.05, 3.63) is 42.7 Å². The zero-order chi connectivity index (χ0) is 14.8. The number of amides is 2. The summed E-state index contributed by atoms with van der Waals surface area (Å²) in [6.07, 6.45) is 4.09. The van der Waals surface area contributed by atoms with Crippen LogP contribution >= 0.6 is 0 Å². The maximum atomic E-state index is 12.0. The van der Waals surface area contributed by atoms with Gasteiger partial charge < -0.3 is 9.15 Å². The summed E-state index contributed by atoms with van der Waals surface area (Å²) in [4.78, 5) is 23.2. The minimum Gasteiger partial charge on any atom is -0.490 e. The smallest absolute Gasteiger partial charge is 0.234 e. The van der Waals surface area contributed by atoms with Crippen LogP contribution in [0.5, 0.6) is 5.75 Å². The normalized spacial score (nSPS) is 18.6. The fraction of sp³-hybridized carbons (Fsp3) is 0.250. The number of piperidine rings is 1. The SMILES string of the molecule is C=CCOc1ccc2occ(C3CCC(=O)NC3=O)c2c1. The Hall–Kier alpha value is -2.56. The van der Waals surface area contributed by atoms with Crippen molar-refractivity contribution >= 4 is 22.8 Å². The molecule has 0 spiro atoms. The lowest BCUT2D eigenvalue weighted by atomic mass is 9.90. The Kier molecular flexibility index (Phi) is 3.48. The average molecular weight is 285 g/mol. The van der Waals surface area contributed by atoms with E-state index in [1.165, 1.54) is 0 Å². The number of carbonyl (C=O) groups excluding carboxylic acids is 2. The van der Waals surface area contributed by atoms with Gasteiger partial charge in [-0.25, -0.2) is 0 Å². The van der Waals surface area contributed by atoms with Gasteiger partial charge in [0.1, 0.15) is 17.9 Å². The highest BCUT2D eigenvalue weighted by Gasteiger charge is 2.30. The molecule has 5 nitrogen and oxygen atoms in total. The van der Waals surface area contributed by atoms with Crippen LogP contribution in [0.25, 0.3) is 11.0 Å². The summed E-state index contributed by atoms with van der Waals surface area (Å²) in [5.41, 5.74) is 1.49. The van der Waals surface area contributed by atoms with E-state index in [1.54, 1.807) is 12.3 Å². The third-order valence-electron chi connectivity index (χ3n) is 3.56. The lowest BCUT2D eigenvalue weighted by molar-refractivity contribution is -0.134. The molecule has 2 amide bonds. The lowest BCUT2D eigenvalue weighted by Crippen LogP contribution is -2.39. The molecule has 1 saturated heterocycles. The predicted molar refractivity (Wildman–Crippen MR) is 77.0 cm³/mol. The maximum Gasteiger partial charge on any atom is 0.234 e. The second-order valence-corrected chi connectivity index (χ2v) is 4.95. The average Bonchev–Trinajstić information content (AvgIpc) is 2.88. The molecule has 1 atom stereocenters. The minimum absolute atomic E-state index is 0.223. The van der Waals surface area contributed by atoms with E-state index in [-0.39, 0.29) is 17.7 Å². The van der Waals surface area contributed by atoms with Gasteiger partial charge in [0.2, 0.25) is 11.8 Å². The van der Waals surface area contributed by atoms with Gasteiger partial charge in [-0.2, -0.15) is 0 Å². The molecule has 3 rings (SSSR count). The Labute approximate surface area is 121 Å². The summed E-state index contributed by atoms with van der Waals surface area (Å²) in [5.74, 6) is -0.165. The molecular formula is C16H15NO4. The Morgan fingerprint density at radius 2 is 2.29 bits per heavy atom. The van der Waals surface area contributed by atoms with Crippen molar-refractivity contribution in [1.29, 1.82) is 0 Å². The highest BCUT2D eigenvalue weighted by atomic mass is 16.5. The molecule has 5 heteroatoms. The van der Waals surface area contributed by atoms with E-state index in [1.807, 2.05) is 18.2 Å². The molecule has 1 aromatic heterocycles. The van der Waals surface area contributed by atoms with Crippen LogP contribution in [-0.2, 0) is 9.59 Å². The van der Waals surface area contributed by atoms with Crippen LogP contribution in [0.3, 0.4) is 0 Å². The summed E-state index contributed by atoms with van der Waals surface area (Å²) < 4.78 is 11.0. The molecule has 0 aliphatic carbocycles. The predicted octanol–water partition coefficient (Wildman–Crippen LogP) is 2.52. The number of hydrogen-bond donors (Lipinski definition) is 1. The standard InChI is InChI=1S/C16H15NO4/c1-2-7-20-10-3-5-14-12(8-10)13(9-21-14)11-4-6-15(18)17-16(11)19/h2-3,5,8-9,11H,1,4,6-7H2,(H,17,18,19). The molecule has 1 unspecified atom stereocenters. The Bertz CT molecular complexity index is 716. The zero-order valence-corrected chi connectivity index (χ0v) is 11.4. The van der Waals surface area contributed by atoms with Gasteiger partial charge in [-0.05, 0) is 24.6 Å². The summed E-state index contributed by atoms with van der Waals surface area (Å²) in [6, 6.07) is 5.47. The first-order valence-corrected chi connectivity index (χ1v) is 6.77. The molecule has 1 aromatic carbocycles. The number of benzene rings is 1. The van der Waals surface area contributed by atoms with Gasteiger partial charge in [-0.15, -0.1) is 0 Å². The highest BCUT2D eigenvalue weighted by Crippen LogP contribution is 2.34. The third kappa shape index (κ3) is 2.54. The minimum atomic E-state index is -0.362.